The van der Waals surface area contributed by atoms with Gasteiger partial charge < -0.3 is 10.8 Å². The van der Waals surface area contributed by atoms with Gasteiger partial charge in [-0.25, -0.2) is 0 Å². The Labute approximate surface area is 120 Å². The molecule has 0 bridgehead atoms. The first-order valence-electron chi connectivity index (χ1n) is 6.58. The van der Waals surface area contributed by atoms with E-state index in [9.17, 15) is 13.5 Å². The summed E-state index contributed by atoms with van der Waals surface area (Å²) >= 11 is 0. The van der Waals surface area contributed by atoms with E-state index in [1.807, 2.05) is 30.3 Å². The molecule has 0 aliphatic carbocycles. The third kappa shape index (κ3) is 3.56. The molecule has 2 rings (SSSR count). The molecule has 0 saturated carbocycles. The lowest BCUT2D eigenvalue weighted by atomic mass is 10.1. The summed E-state index contributed by atoms with van der Waals surface area (Å²) in [5, 5.41) is 9.68. The number of nitrogens with two attached hydrogens (primary N) is 1. The van der Waals surface area contributed by atoms with Gasteiger partial charge in [-0.1, -0.05) is 30.3 Å². The van der Waals surface area contributed by atoms with Crippen LogP contribution in [-0.4, -0.2) is 54.4 Å². The molecule has 0 unspecified atom stereocenters. The fourth-order valence-electron chi connectivity index (χ4n) is 2.38. The number of hydrogen-bond acceptors (Lipinski definition) is 4. The lowest BCUT2D eigenvalue weighted by Gasteiger charge is -2.35. The van der Waals surface area contributed by atoms with E-state index in [2.05, 4.69) is 0 Å². The number of benzene rings is 1. The maximum Gasteiger partial charge on any atom is 0.282 e. The standard InChI is InChI=1S/C13H21N3O3S/c1-15(8-11-5-3-2-4-6-11)20(18,19)16-9-12(14)7-13(17)10-16/h2-6,12-13,17H,7-10,14H2,1H3/t12-,13+/m0/s1. The van der Waals surface area contributed by atoms with Gasteiger partial charge in [-0.15, -0.1) is 0 Å². The molecule has 1 aromatic rings. The molecule has 20 heavy (non-hydrogen) atoms. The minimum Gasteiger partial charge on any atom is -0.392 e. The van der Waals surface area contributed by atoms with Crippen molar-refractivity contribution in [3.63, 3.8) is 0 Å². The minimum atomic E-state index is -3.60. The molecule has 1 heterocycles. The molecular weight excluding hydrogens is 278 g/mol. The van der Waals surface area contributed by atoms with Crippen LogP contribution in [0.15, 0.2) is 30.3 Å². The molecule has 1 saturated heterocycles. The second-order valence-electron chi connectivity index (χ2n) is 5.22. The second kappa shape index (κ2) is 6.19. The van der Waals surface area contributed by atoms with Crippen molar-refractivity contribution in [2.24, 2.45) is 5.73 Å². The van der Waals surface area contributed by atoms with Gasteiger partial charge in [0.05, 0.1) is 6.10 Å². The van der Waals surface area contributed by atoms with E-state index in [-0.39, 0.29) is 19.1 Å². The zero-order valence-electron chi connectivity index (χ0n) is 11.5. The summed E-state index contributed by atoms with van der Waals surface area (Å²) in [4.78, 5) is 0. The van der Waals surface area contributed by atoms with Crippen LogP contribution >= 0.6 is 0 Å². The largest absolute Gasteiger partial charge is 0.392 e. The van der Waals surface area contributed by atoms with Crippen LogP contribution in [0.2, 0.25) is 0 Å². The molecule has 1 aliphatic rings. The van der Waals surface area contributed by atoms with Gasteiger partial charge in [0.1, 0.15) is 0 Å². The maximum absolute atomic E-state index is 12.5. The zero-order valence-corrected chi connectivity index (χ0v) is 12.3. The van der Waals surface area contributed by atoms with Crippen molar-refractivity contribution in [2.75, 3.05) is 20.1 Å². The minimum absolute atomic E-state index is 0.106. The topological polar surface area (TPSA) is 86.9 Å². The Balaban J connectivity index is 2.09. The van der Waals surface area contributed by atoms with E-state index in [0.717, 1.165) is 5.56 Å². The smallest absolute Gasteiger partial charge is 0.282 e. The summed E-state index contributed by atoms with van der Waals surface area (Å²) in [5.74, 6) is 0. The summed E-state index contributed by atoms with van der Waals surface area (Å²) in [6.07, 6.45) is -0.257. The maximum atomic E-state index is 12.5. The van der Waals surface area contributed by atoms with Crippen molar-refractivity contribution in [1.29, 1.82) is 0 Å². The van der Waals surface area contributed by atoms with Gasteiger partial charge in [0.15, 0.2) is 0 Å². The Morgan fingerprint density at radius 3 is 2.60 bits per heavy atom. The fourth-order valence-corrected chi connectivity index (χ4v) is 3.82. The quantitative estimate of drug-likeness (QED) is 0.803. The number of aliphatic hydroxyl groups excluding tert-OH is 1. The first kappa shape index (κ1) is 15.4. The van der Waals surface area contributed by atoms with Crippen molar-refractivity contribution in [3.05, 3.63) is 35.9 Å². The third-order valence-electron chi connectivity index (χ3n) is 3.40. The molecule has 112 valence electrons. The molecular formula is C13H21N3O3S. The second-order valence-corrected chi connectivity index (χ2v) is 7.25. The van der Waals surface area contributed by atoms with Gasteiger partial charge in [-0.2, -0.15) is 17.0 Å². The van der Waals surface area contributed by atoms with Crippen LogP contribution in [0.25, 0.3) is 0 Å². The zero-order chi connectivity index (χ0) is 14.8. The lowest BCUT2D eigenvalue weighted by molar-refractivity contribution is 0.0945. The fraction of sp³-hybridized carbons (Fsp3) is 0.538. The molecule has 0 spiro atoms. The van der Waals surface area contributed by atoms with Gasteiger partial charge in [0.25, 0.3) is 10.2 Å². The van der Waals surface area contributed by atoms with Crippen LogP contribution in [0.1, 0.15) is 12.0 Å². The van der Waals surface area contributed by atoms with Crippen molar-refractivity contribution >= 4 is 10.2 Å². The van der Waals surface area contributed by atoms with E-state index >= 15 is 0 Å². The summed E-state index contributed by atoms with van der Waals surface area (Å²) in [5.41, 5.74) is 6.70. The Morgan fingerprint density at radius 2 is 2.00 bits per heavy atom. The van der Waals surface area contributed by atoms with Crippen LogP contribution in [-0.2, 0) is 16.8 Å². The van der Waals surface area contributed by atoms with Gasteiger partial charge >= 0.3 is 0 Å². The van der Waals surface area contributed by atoms with Crippen LogP contribution < -0.4 is 5.73 Å². The number of β-amino-alcohol motifs (C(OH)–C–C–N with tert-alkyl or cyclic N) is 1. The first-order chi connectivity index (χ1) is 9.39. The predicted molar refractivity (Wildman–Crippen MR) is 77.0 cm³/mol. The molecule has 7 heteroatoms. The van der Waals surface area contributed by atoms with Gasteiger partial charge in [0.2, 0.25) is 0 Å². The predicted octanol–water partition coefficient (Wildman–Crippen LogP) is -0.243. The molecule has 1 aliphatic heterocycles. The first-order valence-corrected chi connectivity index (χ1v) is 7.98. The molecule has 0 amide bonds. The Kier molecular flexibility index (Phi) is 4.77. The molecule has 1 aromatic carbocycles. The molecule has 0 aromatic heterocycles. The number of hydrogen-bond donors (Lipinski definition) is 2. The molecule has 0 radical (unpaired) electrons. The van der Waals surface area contributed by atoms with Crippen molar-refractivity contribution in [3.8, 4) is 0 Å². The highest BCUT2D eigenvalue weighted by Crippen LogP contribution is 2.17. The Morgan fingerprint density at radius 1 is 1.35 bits per heavy atom. The number of aliphatic hydroxyl groups is 1. The summed E-state index contributed by atoms with van der Waals surface area (Å²) in [7, 11) is -2.06. The molecule has 6 nitrogen and oxygen atoms in total. The van der Waals surface area contributed by atoms with Crippen molar-refractivity contribution in [2.45, 2.75) is 25.1 Å². The number of piperidine rings is 1. The van der Waals surface area contributed by atoms with Crippen LogP contribution in [0.4, 0.5) is 0 Å². The van der Waals surface area contributed by atoms with Crippen LogP contribution in [0, 0.1) is 0 Å². The van der Waals surface area contributed by atoms with Crippen LogP contribution in [0.5, 0.6) is 0 Å². The van der Waals surface area contributed by atoms with E-state index in [1.165, 1.54) is 15.7 Å². The SMILES string of the molecule is CN(Cc1ccccc1)S(=O)(=O)N1C[C@@H](N)C[C@@H](O)C1. The number of rotatable bonds is 4. The Hall–Kier alpha value is -0.990. The summed E-state index contributed by atoms with van der Waals surface area (Å²) < 4.78 is 27.5. The van der Waals surface area contributed by atoms with E-state index in [1.54, 1.807) is 0 Å². The van der Waals surface area contributed by atoms with Gasteiger partial charge in [0, 0.05) is 32.7 Å². The van der Waals surface area contributed by atoms with Gasteiger partial charge in [-0.3, -0.25) is 0 Å². The van der Waals surface area contributed by atoms with E-state index in [0.29, 0.717) is 13.0 Å². The average molecular weight is 299 g/mol. The summed E-state index contributed by atoms with van der Waals surface area (Å²) in [6.45, 7) is 0.651. The number of nitrogens with zero attached hydrogens (tertiary/aromatic N) is 2. The summed E-state index contributed by atoms with van der Waals surface area (Å²) in [6, 6.07) is 9.06. The van der Waals surface area contributed by atoms with E-state index < -0.39 is 16.3 Å². The van der Waals surface area contributed by atoms with E-state index in [4.69, 9.17) is 5.73 Å². The monoisotopic (exact) mass is 299 g/mol. The van der Waals surface area contributed by atoms with Crippen LogP contribution in [0.3, 0.4) is 0 Å². The molecule has 1 fully saturated rings. The Bertz CT molecular complexity index is 525. The average Bonchev–Trinajstić information content (AvgIpc) is 2.38. The third-order valence-corrected chi connectivity index (χ3v) is 5.26. The van der Waals surface area contributed by atoms with Crippen molar-refractivity contribution in [1.82, 2.24) is 8.61 Å². The normalized spacial score (nSPS) is 25.0. The van der Waals surface area contributed by atoms with Gasteiger partial charge in [-0.05, 0) is 12.0 Å². The highest BCUT2D eigenvalue weighted by Gasteiger charge is 2.34. The highest BCUT2D eigenvalue weighted by atomic mass is 32.2. The highest BCUT2D eigenvalue weighted by molar-refractivity contribution is 7.86. The molecule has 3 N–H and O–H groups in total. The van der Waals surface area contributed by atoms with Crippen molar-refractivity contribution < 1.29 is 13.5 Å². The molecule has 2 atom stereocenters. The lowest BCUT2D eigenvalue weighted by Crippen LogP contribution is -2.54.